The maximum Gasteiger partial charge on any atom is 0.109 e. The molecule has 1 unspecified atom stereocenters. The molecular weight excluding hydrogens is 320 g/mol. The zero-order valence-corrected chi connectivity index (χ0v) is 14.0. The summed E-state index contributed by atoms with van der Waals surface area (Å²) in [6.07, 6.45) is 2.95. The van der Waals surface area contributed by atoms with Gasteiger partial charge in [-0.05, 0) is 6.42 Å². The first-order valence-corrected chi connectivity index (χ1v) is 7.78. The van der Waals surface area contributed by atoms with E-state index in [0.29, 0.717) is 6.04 Å². The minimum absolute atomic E-state index is 0. The van der Waals surface area contributed by atoms with Crippen LogP contribution in [0, 0.1) is 0 Å². The minimum Gasteiger partial charge on any atom is -0.748 e. The molecule has 4 heteroatoms. The first-order chi connectivity index (χ1) is 9.90. The van der Waals surface area contributed by atoms with E-state index >= 15 is 0 Å². The van der Waals surface area contributed by atoms with Crippen molar-refractivity contribution < 1.29 is 17.1 Å². The van der Waals surface area contributed by atoms with E-state index in [1.54, 1.807) is 11.3 Å². The third kappa shape index (κ3) is 6.40. The van der Waals surface area contributed by atoms with E-state index in [9.17, 15) is 0 Å². The Hall–Kier alpha value is -1.19. The molecule has 1 heterocycles. The van der Waals surface area contributed by atoms with Crippen LogP contribution < -0.4 is 5.32 Å². The number of aromatic nitrogens is 1. The van der Waals surface area contributed by atoms with E-state index in [4.69, 9.17) is 0 Å². The first kappa shape index (κ1) is 17.9. The summed E-state index contributed by atoms with van der Waals surface area (Å²) < 4.78 is 0. The van der Waals surface area contributed by atoms with Crippen molar-refractivity contribution in [1.29, 1.82) is 0 Å². The largest absolute Gasteiger partial charge is 0.748 e. The van der Waals surface area contributed by atoms with E-state index < -0.39 is 0 Å². The second-order valence-corrected chi connectivity index (χ2v) is 5.39. The van der Waals surface area contributed by atoms with Crippen LogP contribution in [0.3, 0.4) is 0 Å². The summed E-state index contributed by atoms with van der Waals surface area (Å²) >= 11 is 1.72. The summed E-state index contributed by atoms with van der Waals surface area (Å²) in [6, 6.07) is 18.8. The molecule has 118 valence electrons. The second kappa shape index (κ2) is 10.5. The minimum atomic E-state index is 0. The summed E-state index contributed by atoms with van der Waals surface area (Å²) in [4.78, 5) is 4.34. The smallest absolute Gasteiger partial charge is 0.109 e. The van der Waals surface area contributed by atoms with Crippen molar-refractivity contribution >= 4 is 11.3 Å². The average molecular weight is 340 g/mol. The molecule has 0 radical (unpaired) electrons. The third-order valence-electron chi connectivity index (χ3n) is 3.00. The molecule has 0 amide bonds. The Morgan fingerprint density at radius 3 is 2.48 bits per heavy atom. The molecule has 0 bridgehead atoms. The van der Waals surface area contributed by atoms with E-state index in [1.807, 2.05) is 41.9 Å². The van der Waals surface area contributed by atoms with Gasteiger partial charge in [0.2, 0.25) is 0 Å². The molecule has 1 atom stereocenters. The third-order valence-corrected chi connectivity index (χ3v) is 3.89. The van der Waals surface area contributed by atoms with Crippen molar-refractivity contribution in [2.45, 2.75) is 25.9 Å². The summed E-state index contributed by atoms with van der Waals surface area (Å²) in [6.45, 7) is 3.11. The Morgan fingerprint density at radius 2 is 2.00 bits per heavy atom. The van der Waals surface area contributed by atoms with Gasteiger partial charge < -0.3 is 35.1 Å². The van der Waals surface area contributed by atoms with Crippen molar-refractivity contribution in [3.63, 3.8) is 0 Å². The van der Waals surface area contributed by atoms with Gasteiger partial charge in [0.15, 0.2) is 0 Å². The van der Waals surface area contributed by atoms with Crippen LogP contribution >= 0.6 is 11.3 Å². The predicted octanol–water partition coefficient (Wildman–Crippen LogP) is 4.51. The molecular formula is C17H20FeN2S-6. The number of nitrogens with zero attached hydrogens (tertiary/aromatic N) is 1. The standard InChI is InChI=1S/C12H15N2S.C5H5.Fe/c1-2-11(12-13-7-8-15-12)14-9-10-5-3-4-6-10;1-2-4-5-3-1;/h3-8,11,14H,2,9H2,1H3;1-5H;/q-5;-1;. The fourth-order valence-corrected chi connectivity index (χ4v) is 2.70. The fourth-order valence-electron chi connectivity index (χ4n) is 1.91. The predicted molar refractivity (Wildman–Crippen MR) is 86.1 cm³/mol. The van der Waals surface area contributed by atoms with Gasteiger partial charge in [-0.1, -0.05) is 6.92 Å². The van der Waals surface area contributed by atoms with Crippen LogP contribution in [0.25, 0.3) is 0 Å². The van der Waals surface area contributed by atoms with Gasteiger partial charge in [0, 0.05) is 28.6 Å². The van der Waals surface area contributed by atoms with Gasteiger partial charge in [-0.25, -0.2) is 17.1 Å². The maximum atomic E-state index is 4.34. The normalized spacial score (nSPS) is 11.1. The van der Waals surface area contributed by atoms with Gasteiger partial charge in [-0.15, -0.1) is 11.3 Å². The zero-order chi connectivity index (χ0) is 14.0. The van der Waals surface area contributed by atoms with Crippen molar-refractivity contribution in [3.8, 4) is 0 Å². The molecule has 1 N–H and O–H groups in total. The average Bonchev–Trinajstić information content (AvgIpc) is 3.24. The molecule has 1 aromatic heterocycles. The number of hydrogen-bond acceptors (Lipinski definition) is 3. The van der Waals surface area contributed by atoms with Crippen LogP contribution in [-0.4, -0.2) is 4.98 Å². The SMILES string of the molecule is CCC(NC[c-]1[cH-][cH-][cH-][cH-]1)c1nccs1.[Fe].c1cc[cH-]c1. The molecule has 0 fully saturated rings. The molecule has 0 aliphatic rings. The van der Waals surface area contributed by atoms with E-state index in [1.165, 1.54) is 10.6 Å². The van der Waals surface area contributed by atoms with Gasteiger partial charge in [-0.2, -0.15) is 24.7 Å². The number of nitrogens with one attached hydrogen (secondary N) is 1. The van der Waals surface area contributed by atoms with Crippen molar-refractivity contribution in [2.24, 2.45) is 0 Å². The Morgan fingerprint density at radius 1 is 1.29 bits per heavy atom. The van der Waals surface area contributed by atoms with Crippen LogP contribution in [0.5, 0.6) is 0 Å². The molecule has 21 heavy (non-hydrogen) atoms. The molecule has 2 aromatic carbocycles. The number of hydrogen-bond donors (Lipinski definition) is 1. The quantitative estimate of drug-likeness (QED) is 0.546. The summed E-state index contributed by atoms with van der Waals surface area (Å²) in [5, 5.41) is 6.74. The van der Waals surface area contributed by atoms with Crippen LogP contribution in [0.15, 0.2) is 66.2 Å². The van der Waals surface area contributed by atoms with E-state index in [0.717, 1.165) is 13.0 Å². The van der Waals surface area contributed by atoms with E-state index in [2.05, 4.69) is 41.5 Å². The van der Waals surface area contributed by atoms with Crippen molar-refractivity contribution in [2.75, 3.05) is 0 Å². The Bertz CT molecular complexity index is 512. The number of thiazole rings is 1. The molecule has 0 saturated carbocycles. The van der Waals surface area contributed by atoms with Crippen LogP contribution in [-0.2, 0) is 23.6 Å². The second-order valence-electron chi connectivity index (χ2n) is 4.47. The van der Waals surface area contributed by atoms with Crippen molar-refractivity contribution in [3.05, 3.63) is 76.7 Å². The summed E-state index contributed by atoms with van der Waals surface area (Å²) in [7, 11) is 0. The van der Waals surface area contributed by atoms with Gasteiger partial charge in [-0.3, -0.25) is 0 Å². The number of rotatable bonds is 5. The Balaban J connectivity index is 0.000000313. The molecule has 3 aromatic rings. The topological polar surface area (TPSA) is 24.9 Å². The summed E-state index contributed by atoms with van der Waals surface area (Å²) in [5.41, 5.74) is 1.34. The van der Waals surface area contributed by atoms with Crippen molar-refractivity contribution in [1.82, 2.24) is 10.3 Å². The van der Waals surface area contributed by atoms with Gasteiger partial charge in [0.1, 0.15) is 5.01 Å². The maximum absolute atomic E-state index is 4.34. The first-order valence-electron chi connectivity index (χ1n) is 6.90. The Labute approximate surface area is 141 Å². The zero-order valence-electron chi connectivity index (χ0n) is 12.1. The van der Waals surface area contributed by atoms with Crippen LogP contribution in [0.1, 0.15) is 30.0 Å². The molecule has 0 aliphatic carbocycles. The summed E-state index contributed by atoms with van der Waals surface area (Å²) in [5.74, 6) is 0. The van der Waals surface area contributed by atoms with Crippen LogP contribution in [0.4, 0.5) is 0 Å². The van der Waals surface area contributed by atoms with E-state index in [-0.39, 0.29) is 17.1 Å². The van der Waals surface area contributed by atoms with Gasteiger partial charge >= 0.3 is 0 Å². The Kier molecular flexibility index (Phi) is 8.95. The molecule has 3 rings (SSSR count). The monoisotopic (exact) mass is 340 g/mol. The molecule has 0 spiro atoms. The van der Waals surface area contributed by atoms with Crippen LogP contribution in [0.2, 0.25) is 0 Å². The fraction of sp³-hybridized carbons (Fsp3) is 0.235. The molecule has 0 aliphatic heterocycles. The van der Waals surface area contributed by atoms with Gasteiger partial charge in [0.05, 0.1) is 6.04 Å². The van der Waals surface area contributed by atoms with Gasteiger partial charge in [0.25, 0.3) is 0 Å². The molecule has 0 saturated heterocycles. The molecule has 2 nitrogen and oxygen atoms in total.